The van der Waals surface area contributed by atoms with Gasteiger partial charge in [0.15, 0.2) is 0 Å². The Balaban J connectivity index is 2.10. The van der Waals surface area contributed by atoms with Gasteiger partial charge in [-0.05, 0) is 25.0 Å². The summed E-state index contributed by atoms with van der Waals surface area (Å²) in [7, 11) is 0. The van der Waals surface area contributed by atoms with Crippen molar-refractivity contribution in [1.82, 2.24) is 4.98 Å². The first-order chi connectivity index (χ1) is 7.38. The van der Waals surface area contributed by atoms with Gasteiger partial charge in [0.2, 0.25) is 0 Å². The smallest absolute Gasteiger partial charge is 0.146 e. The number of nitrogen functional groups attached to an aromatic ring is 1. The van der Waals surface area contributed by atoms with Crippen molar-refractivity contribution in [2.45, 2.75) is 32.1 Å². The summed E-state index contributed by atoms with van der Waals surface area (Å²) in [6.45, 7) is 2.24. The van der Waals surface area contributed by atoms with Gasteiger partial charge < -0.3 is 10.6 Å². The minimum atomic E-state index is 0.665. The lowest BCUT2D eigenvalue weighted by atomic mass is 10.1. The average Bonchev–Trinajstić information content (AvgIpc) is 2.19. The number of aromatic nitrogens is 1. The predicted molar refractivity (Wildman–Crippen MR) is 63.9 cm³/mol. The van der Waals surface area contributed by atoms with Crippen LogP contribution in [0.4, 0.5) is 11.5 Å². The molecule has 0 aliphatic carbocycles. The van der Waals surface area contributed by atoms with Crippen LogP contribution < -0.4 is 10.6 Å². The molecule has 3 nitrogen and oxygen atoms in total. The number of anilines is 2. The van der Waals surface area contributed by atoms with Crippen LogP contribution in [0.3, 0.4) is 0 Å². The van der Waals surface area contributed by atoms with Crippen LogP contribution in [0, 0.1) is 0 Å². The van der Waals surface area contributed by atoms with E-state index in [1.807, 2.05) is 6.07 Å². The predicted octanol–water partition coefficient (Wildman–Crippen LogP) is 2.43. The van der Waals surface area contributed by atoms with E-state index >= 15 is 0 Å². The second-order valence-electron chi connectivity index (χ2n) is 4.16. The monoisotopic (exact) mass is 205 g/mol. The normalized spacial score (nSPS) is 18.3. The standard InChI is InChI=1S/C12H19N3/c13-12-11(7-6-8-14-12)15-9-4-2-1-3-5-10-15/h6-8H,1-5,9-10H2,(H2,13,14). The van der Waals surface area contributed by atoms with Crippen LogP contribution in [-0.2, 0) is 0 Å². The van der Waals surface area contributed by atoms with Gasteiger partial charge in [0.05, 0.1) is 5.69 Å². The molecule has 3 heteroatoms. The molecule has 0 aromatic carbocycles. The van der Waals surface area contributed by atoms with E-state index in [2.05, 4.69) is 16.0 Å². The van der Waals surface area contributed by atoms with E-state index in [-0.39, 0.29) is 0 Å². The Morgan fingerprint density at radius 3 is 2.40 bits per heavy atom. The number of pyridine rings is 1. The van der Waals surface area contributed by atoms with E-state index in [4.69, 9.17) is 5.73 Å². The van der Waals surface area contributed by atoms with Crippen molar-refractivity contribution in [2.75, 3.05) is 23.7 Å². The van der Waals surface area contributed by atoms with Crippen LogP contribution in [0.2, 0.25) is 0 Å². The average molecular weight is 205 g/mol. The summed E-state index contributed by atoms with van der Waals surface area (Å²) >= 11 is 0. The summed E-state index contributed by atoms with van der Waals surface area (Å²) in [5, 5.41) is 0. The highest BCUT2D eigenvalue weighted by Gasteiger charge is 2.11. The van der Waals surface area contributed by atoms with Crippen LogP contribution >= 0.6 is 0 Å². The van der Waals surface area contributed by atoms with E-state index in [0.717, 1.165) is 18.8 Å². The molecule has 0 bridgehead atoms. The van der Waals surface area contributed by atoms with Gasteiger partial charge in [-0.15, -0.1) is 0 Å². The molecular formula is C12H19N3. The molecular weight excluding hydrogens is 186 g/mol. The Kier molecular flexibility index (Phi) is 3.43. The van der Waals surface area contributed by atoms with E-state index in [1.165, 1.54) is 32.1 Å². The first-order valence-corrected chi connectivity index (χ1v) is 5.83. The maximum absolute atomic E-state index is 5.89. The molecule has 0 radical (unpaired) electrons. The van der Waals surface area contributed by atoms with Crippen molar-refractivity contribution in [3.05, 3.63) is 18.3 Å². The van der Waals surface area contributed by atoms with Crippen molar-refractivity contribution in [3.8, 4) is 0 Å². The Morgan fingerprint density at radius 2 is 1.73 bits per heavy atom. The van der Waals surface area contributed by atoms with Crippen LogP contribution in [0.25, 0.3) is 0 Å². The highest BCUT2D eigenvalue weighted by Crippen LogP contribution is 2.23. The molecule has 82 valence electrons. The zero-order valence-electron chi connectivity index (χ0n) is 9.15. The fourth-order valence-corrected chi connectivity index (χ4v) is 2.16. The molecule has 1 saturated heterocycles. The van der Waals surface area contributed by atoms with Crippen molar-refractivity contribution < 1.29 is 0 Å². The van der Waals surface area contributed by atoms with Gasteiger partial charge in [0, 0.05) is 19.3 Å². The third kappa shape index (κ3) is 2.61. The van der Waals surface area contributed by atoms with E-state index in [1.54, 1.807) is 6.20 Å². The van der Waals surface area contributed by atoms with Crippen LogP contribution in [0.1, 0.15) is 32.1 Å². The van der Waals surface area contributed by atoms with E-state index in [9.17, 15) is 0 Å². The SMILES string of the molecule is Nc1ncccc1N1CCCCCCC1. The molecule has 1 aromatic rings. The van der Waals surface area contributed by atoms with Gasteiger partial charge in [0.25, 0.3) is 0 Å². The Labute approximate surface area is 91.3 Å². The fraction of sp³-hybridized carbons (Fsp3) is 0.583. The molecule has 0 spiro atoms. The summed E-state index contributed by atoms with van der Waals surface area (Å²) < 4.78 is 0. The highest BCUT2D eigenvalue weighted by molar-refractivity contribution is 5.62. The lowest BCUT2D eigenvalue weighted by Gasteiger charge is -2.27. The highest BCUT2D eigenvalue weighted by atomic mass is 15.1. The fourth-order valence-electron chi connectivity index (χ4n) is 2.16. The number of nitrogens with two attached hydrogens (primary N) is 1. The molecule has 15 heavy (non-hydrogen) atoms. The third-order valence-corrected chi connectivity index (χ3v) is 3.01. The minimum Gasteiger partial charge on any atom is -0.382 e. The molecule has 1 aliphatic heterocycles. The van der Waals surface area contributed by atoms with Gasteiger partial charge in [-0.2, -0.15) is 0 Å². The van der Waals surface area contributed by atoms with Gasteiger partial charge in [-0.25, -0.2) is 4.98 Å². The topological polar surface area (TPSA) is 42.1 Å². The number of hydrogen-bond donors (Lipinski definition) is 1. The van der Waals surface area contributed by atoms with Crippen molar-refractivity contribution in [1.29, 1.82) is 0 Å². The summed E-state index contributed by atoms with van der Waals surface area (Å²) in [5.74, 6) is 0.665. The molecule has 0 saturated carbocycles. The number of nitrogens with zero attached hydrogens (tertiary/aromatic N) is 2. The lowest BCUT2D eigenvalue weighted by molar-refractivity contribution is 0.556. The second-order valence-corrected chi connectivity index (χ2v) is 4.16. The Hall–Kier alpha value is -1.25. The Morgan fingerprint density at radius 1 is 1.07 bits per heavy atom. The zero-order chi connectivity index (χ0) is 10.5. The maximum Gasteiger partial charge on any atom is 0.146 e. The largest absolute Gasteiger partial charge is 0.382 e. The molecule has 0 atom stereocenters. The quantitative estimate of drug-likeness (QED) is 0.765. The molecule has 2 heterocycles. The van der Waals surface area contributed by atoms with Crippen LogP contribution in [-0.4, -0.2) is 18.1 Å². The molecule has 1 aromatic heterocycles. The van der Waals surface area contributed by atoms with Gasteiger partial charge in [-0.1, -0.05) is 19.3 Å². The van der Waals surface area contributed by atoms with Gasteiger partial charge >= 0.3 is 0 Å². The zero-order valence-corrected chi connectivity index (χ0v) is 9.15. The lowest BCUT2D eigenvalue weighted by Crippen LogP contribution is -2.27. The summed E-state index contributed by atoms with van der Waals surface area (Å²) in [6, 6.07) is 4.04. The second kappa shape index (κ2) is 5.01. The van der Waals surface area contributed by atoms with Crippen molar-refractivity contribution in [3.63, 3.8) is 0 Å². The molecule has 2 rings (SSSR count). The Bertz CT molecular complexity index is 303. The number of hydrogen-bond acceptors (Lipinski definition) is 3. The molecule has 1 aliphatic rings. The molecule has 0 unspecified atom stereocenters. The first-order valence-electron chi connectivity index (χ1n) is 5.83. The van der Waals surface area contributed by atoms with Crippen molar-refractivity contribution in [2.24, 2.45) is 0 Å². The van der Waals surface area contributed by atoms with E-state index < -0.39 is 0 Å². The van der Waals surface area contributed by atoms with E-state index in [0.29, 0.717) is 5.82 Å². The molecule has 0 amide bonds. The summed E-state index contributed by atoms with van der Waals surface area (Å²) in [6.07, 6.45) is 8.37. The minimum absolute atomic E-state index is 0.665. The van der Waals surface area contributed by atoms with Gasteiger partial charge in [-0.3, -0.25) is 0 Å². The van der Waals surface area contributed by atoms with Crippen LogP contribution in [0.5, 0.6) is 0 Å². The molecule has 2 N–H and O–H groups in total. The number of rotatable bonds is 1. The maximum atomic E-state index is 5.89. The van der Waals surface area contributed by atoms with Gasteiger partial charge in [0.1, 0.15) is 5.82 Å². The van der Waals surface area contributed by atoms with Crippen molar-refractivity contribution >= 4 is 11.5 Å². The third-order valence-electron chi connectivity index (χ3n) is 3.01. The van der Waals surface area contributed by atoms with Crippen LogP contribution in [0.15, 0.2) is 18.3 Å². The molecule has 1 fully saturated rings. The summed E-state index contributed by atoms with van der Waals surface area (Å²) in [4.78, 5) is 6.52. The summed E-state index contributed by atoms with van der Waals surface area (Å²) in [5.41, 5.74) is 7.00. The first kappa shape index (κ1) is 10.3.